The number of halogens is 1. The van der Waals surface area contributed by atoms with Gasteiger partial charge in [0.25, 0.3) is 0 Å². The van der Waals surface area contributed by atoms with Crippen molar-refractivity contribution >= 4 is 27.4 Å². The molecule has 0 spiro atoms. The molecule has 0 aliphatic carbocycles. The zero-order valence-electron chi connectivity index (χ0n) is 3.06. The van der Waals surface area contributed by atoms with Gasteiger partial charge >= 0.3 is 48.1 Å². The van der Waals surface area contributed by atoms with Crippen molar-refractivity contribution in [3.05, 3.63) is 0 Å². The van der Waals surface area contributed by atoms with Gasteiger partial charge in [-0.2, -0.15) is 0 Å². The first-order valence-corrected chi connectivity index (χ1v) is 7.54. The molecule has 1 aliphatic rings. The topological polar surface area (TPSA) is 18.5 Å². The minimum atomic E-state index is -1.29. The van der Waals surface area contributed by atoms with Gasteiger partial charge in [-0.25, -0.2) is 0 Å². The third-order valence-corrected chi connectivity index (χ3v) is 4.21. The normalized spacial score (nSPS) is 25.5. The molecule has 0 aromatic rings. The summed E-state index contributed by atoms with van der Waals surface area (Å²) >= 11 is 1.95. The van der Waals surface area contributed by atoms with Crippen molar-refractivity contribution in [1.29, 1.82) is 0 Å². The van der Waals surface area contributed by atoms with Crippen LogP contribution in [-0.2, 0) is 7.45 Å². The van der Waals surface area contributed by atoms with Gasteiger partial charge in [0.15, 0.2) is 0 Å². The Morgan fingerprint density at radius 2 is 1.83 bits per heavy atom. The van der Waals surface area contributed by atoms with Gasteiger partial charge in [0, 0.05) is 0 Å². The molecule has 1 heterocycles. The van der Waals surface area contributed by atoms with Crippen LogP contribution in [0.2, 0.25) is 0 Å². The maximum absolute atomic E-state index is 4.99. The van der Waals surface area contributed by atoms with Crippen molar-refractivity contribution < 1.29 is 7.45 Å². The van der Waals surface area contributed by atoms with Crippen LogP contribution in [0.1, 0.15) is 0 Å². The fourth-order valence-electron chi connectivity index (χ4n) is 0.255. The van der Waals surface area contributed by atoms with Gasteiger partial charge in [0.05, 0.1) is 0 Å². The van der Waals surface area contributed by atoms with E-state index in [4.69, 9.17) is 7.45 Å². The standard InChI is InChI=1S/C2H4AsBrO2/c4-3-5-1-2-6-3/h1-2H2. The minimum absolute atomic E-state index is 0.783. The van der Waals surface area contributed by atoms with Crippen LogP contribution in [0.3, 0.4) is 0 Å². The molecule has 0 aromatic heterocycles. The molecule has 36 valence electrons. The quantitative estimate of drug-likeness (QED) is 0.545. The van der Waals surface area contributed by atoms with Crippen LogP contribution in [0.15, 0.2) is 0 Å². The van der Waals surface area contributed by atoms with Gasteiger partial charge in [-0.05, 0) is 0 Å². The van der Waals surface area contributed by atoms with Crippen LogP contribution in [0.4, 0.5) is 0 Å². The van der Waals surface area contributed by atoms with E-state index in [2.05, 4.69) is 13.9 Å². The van der Waals surface area contributed by atoms with Crippen molar-refractivity contribution in [3.8, 4) is 0 Å². The summed E-state index contributed by atoms with van der Waals surface area (Å²) in [5, 5.41) is 0. The Kier molecular flexibility index (Phi) is 1.97. The average Bonchev–Trinajstić information content (AvgIpc) is 1.86. The second kappa shape index (κ2) is 2.31. The third-order valence-electron chi connectivity index (χ3n) is 0.469. The summed E-state index contributed by atoms with van der Waals surface area (Å²) in [4.78, 5) is 0. The molecule has 1 rings (SSSR count). The van der Waals surface area contributed by atoms with E-state index in [1.54, 1.807) is 0 Å². The molecule has 6 heavy (non-hydrogen) atoms. The van der Waals surface area contributed by atoms with E-state index in [0.29, 0.717) is 0 Å². The van der Waals surface area contributed by atoms with E-state index in [9.17, 15) is 0 Å². The molecule has 1 saturated heterocycles. The van der Waals surface area contributed by atoms with Crippen molar-refractivity contribution in [2.75, 3.05) is 13.2 Å². The van der Waals surface area contributed by atoms with Crippen LogP contribution >= 0.6 is 13.9 Å². The van der Waals surface area contributed by atoms with E-state index >= 15 is 0 Å². The van der Waals surface area contributed by atoms with E-state index in [0.717, 1.165) is 13.2 Å². The van der Waals surface area contributed by atoms with Gasteiger partial charge in [0.2, 0.25) is 0 Å². The van der Waals surface area contributed by atoms with E-state index in [1.807, 2.05) is 0 Å². The number of hydrogen-bond acceptors (Lipinski definition) is 2. The zero-order valence-corrected chi connectivity index (χ0v) is 6.52. The summed E-state index contributed by atoms with van der Waals surface area (Å²) in [5.41, 5.74) is 0. The first-order valence-electron chi connectivity index (χ1n) is 1.61. The molecule has 0 bridgehead atoms. The monoisotopic (exact) mass is 214 g/mol. The summed E-state index contributed by atoms with van der Waals surface area (Å²) in [6.45, 7) is 1.57. The van der Waals surface area contributed by atoms with Crippen molar-refractivity contribution in [2.24, 2.45) is 0 Å². The van der Waals surface area contributed by atoms with Crippen molar-refractivity contribution in [2.45, 2.75) is 0 Å². The van der Waals surface area contributed by atoms with Gasteiger partial charge in [0.1, 0.15) is 0 Å². The second-order valence-corrected chi connectivity index (χ2v) is 5.86. The second-order valence-electron chi connectivity index (χ2n) is 0.879. The molecule has 1 fully saturated rings. The fraction of sp³-hybridized carbons (Fsp3) is 1.00. The Hall–Kier alpha value is 0.958. The van der Waals surface area contributed by atoms with E-state index in [-0.39, 0.29) is 0 Å². The Morgan fingerprint density at radius 1 is 1.33 bits per heavy atom. The molecule has 0 radical (unpaired) electrons. The van der Waals surface area contributed by atoms with Crippen LogP contribution in [-0.4, -0.2) is 26.7 Å². The Balaban J connectivity index is 2.18. The Morgan fingerprint density at radius 3 is 2.00 bits per heavy atom. The SMILES string of the molecule is Br[As]1OCCO1. The van der Waals surface area contributed by atoms with E-state index < -0.39 is 13.5 Å². The van der Waals surface area contributed by atoms with Crippen LogP contribution in [0.25, 0.3) is 0 Å². The summed E-state index contributed by atoms with van der Waals surface area (Å²) in [6.07, 6.45) is 0. The summed E-state index contributed by atoms with van der Waals surface area (Å²) in [5.74, 6) is 0. The summed E-state index contributed by atoms with van der Waals surface area (Å²) < 4.78 is 9.99. The van der Waals surface area contributed by atoms with Crippen LogP contribution in [0, 0.1) is 0 Å². The molecule has 1 aliphatic heterocycles. The third kappa shape index (κ3) is 1.23. The van der Waals surface area contributed by atoms with Gasteiger partial charge in [-0.15, -0.1) is 0 Å². The zero-order chi connectivity index (χ0) is 4.41. The van der Waals surface area contributed by atoms with E-state index in [1.165, 1.54) is 0 Å². The van der Waals surface area contributed by atoms with Gasteiger partial charge < -0.3 is 0 Å². The molecule has 0 unspecified atom stereocenters. The first kappa shape index (κ1) is 5.10. The summed E-state index contributed by atoms with van der Waals surface area (Å²) in [6, 6.07) is 0. The first-order chi connectivity index (χ1) is 2.89. The maximum atomic E-state index is 4.99. The predicted octanol–water partition coefficient (Wildman–Crippen LogP) is 0.413. The fourth-order valence-corrected chi connectivity index (χ4v) is 2.83. The molecule has 0 aromatic carbocycles. The molecular weight excluding hydrogens is 211 g/mol. The molecular formula is C2H4AsBrO2. The molecule has 0 saturated carbocycles. The van der Waals surface area contributed by atoms with Crippen molar-refractivity contribution in [3.63, 3.8) is 0 Å². The van der Waals surface area contributed by atoms with Crippen LogP contribution in [0.5, 0.6) is 0 Å². The van der Waals surface area contributed by atoms with Gasteiger partial charge in [-0.1, -0.05) is 0 Å². The van der Waals surface area contributed by atoms with Crippen molar-refractivity contribution in [1.82, 2.24) is 0 Å². The molecule has 0 N–H and O–H groups in total. The summed E-state index contributed by atoms with van der Waals surface area (Å²) in [7, 11) is 0. The molecule has 2 nitrogen and oxygen atoms in total. The predicted molar refractivity (Wildman–Crippen MR) is 26.6 cm³/mol. The van der Waals surface area contributed by atoms with Crippen LogP contribution < -0.4 is 0 Å². The Bertz CT molecular complexity index is 44.8. The molecule has 0 amide bonds. The number of rotatable bonds is 0. The average molecular weight is 215 g/mol. The molecule has 0 atom stereocenters. The van der Waals surface area contributed by atoms with Gasteiger partial charge in [-0.3, -0.25) is 0 Å². The number of hydrogen-bond donors (Lipinski definition) is 0. The molecule has 4 heteroatoms. The Labute approximate surface area is 48.3 Å².